The van der Waals surface area contributed by atoms with Crippen LogP contribution in [0.3, 0.4) is 0 Å². The van der Waals surface area contributed by atoms with Crippen molar-refractivity contribution in [1.29, 1.82) is 5.41 Å². The van der Waals surface area contributed by atoms with Crippen molar-refractivity contribution in [3.05, 3.63) is 23.9 Å². The van der Waals surface area contributed by atoms with Gasteiger partial charge in [-0.2, -0.15) is 0 Å². The molecule has 1 saturated heterocycles. The molecule has 4 N–H and O–H groups in total. The van der Waals surface area contributed by atoms with Crippen molar-refractivity contribution in [1.82, 2.24) is 21.1 Å². The molecule has 1 rings (SSSR count). The molecule has 23 heavy (non-hydrogen) atoms. The van der Waals surface area contributed by atoms with E-state index in [1.807, 2.05) is 18.0 Å². The maximum atomic E-state index is 13.0. The lowest BCUT2D eigenvalue weighted by molar-refractivity contribution is -0.0654. The van der Waals surface area contributed by atoms with Gasteiger partial charge in [0, 0.05) is 38.3 Å². The van der Waals surface area contributed by atoms with Crippen LogP contribution in [-0.4, -0.2) is 49.5 Å². The van der Waals surface area contributed by atoms with Crippen molar-refractivity contribution in [2.45, 2.75) is 39.0 Å². The molecule has 0 aliphatic carbocycles. The second-order valence-electron chi connectivity index (χ2n) is 5.87. The normalized spacial score (nSPS) is 18.7. The molecule has 1 aliphatic heterocycles. The Kier molecular flexibility index (Phi) is 8.36. The smallest absolute Gasteiger partial charge is 0.262 e. The van der Waals surface area contributed by atoms with Crippen LogP contribution in [0, 0.1) is 5.41 Å². The van der Waals surface area contributed by atoms with E-state index in [0.29, 0.717) is 32.0 Å². The van der Waals surface area contributed by atoms with E-state index in [-0.39, 0.29) is 13.0 Å². The van der Waals surface area contributed by atoms with Crippen LogP contribution in [0.1, 0.15) is 33.1 Å². The molecule has 1 aliphatic rings. The molecule has 0 unspecified atom stereocenters. The van der Waals surface area contributed by atoms with E-state index >= 15 is 0 Å². The first kappa shape index (κ1) is 19.7. The topological polar surface area (TPSA) is 63.2 Å². The quantitative estimate of drug-likeness (QED) is 0.298. The van der Waals surface area contributed by atoms with Gasteiger partial charge >= 0.3 is 0 Å². The van der Waals surface area contributed by atoms with Crippen LogP contribution >= 0.6 is 0 Å². The Morgan fingerprint density at radius 3 is 2.83 bits per heavy atom. The van der Waals surface area contributed by atoms with Crippen LogP contribution in [0.5, 0.6) is 0 Å². The highest BCUT2D eigenvalue weighted by molar-refractivity contribution is 5.96. The van der Waals surface area contributed by atoms with Gasteiger partial charge in [0.05, 0.1) is 6.54 Å². The average Bonchev–Trinajstić information content (AvgIpc) is 2.48. The van der Waals surface area contributed by atoms with Crippen LogP contribution in [0.25, 0.3) is 0 Å². The van der Waals surface area contributed by atoms with E-state index in [4.69, 9.17) is 5.41 Å². The molecule has 1 fully saturated rings. The number of halogens is 2. The van der Waals surface area contributed by atoms with Crippen molar-refractivity contribution in [2.75, 3.05) is 32.7 Å². The third-order valence-electron chi connectivity index (χ3n) is 3.67. The molecule has 0 aromatic rings. The Balaban J connectivity index is 2.15. The summed E-state index contributed by atoms with van der Waals surface area (Å²) in [5.41, 5.74) is 4.44. The highest BCUT2D eigenvalue weighted by atomic mass is 19.3. The lowest BCUT2D eigenvalue weighted by atomic mass is 10.2. The lowest BCUT2D eigenvalue weighted by Gasteiger charge is -2.32. The Morgan fingerprint density at radius 1 is 1.48 bits per heavy atom. The van der Waals surface area contributed by atoms with E-state index in [2.05, 4.69) is 29.6 Å². The first-order valence-electron chi connectivity index (χ1n) is 8.11. The summed E-state index contributed by atoms with van der Waals surface area (Å²) in [4.78, 5) is 0. The average molecular weight is 329 g/mol. The maximum absolute atomic E-state index is 13.0. The zero-order valence-electron chi connectivity index (χ0n) is 14.1. The van der Waals surface area contributed by atoms with Crippen molar-refractivity contribution >= 4 is 5.84 Å². The minimum absolute atomic E-state index is 0.0938. The van der Waals surface area contributed by atoms with E-state index < -0.39 is 5.92 Å². The van der Waals surface area contributed by atoms with Gasteiger partial charge in [-0.1, -0.05) is 26.0 Å². The fourth-order valence-corrected chi connectivity index (χ4v) is 2.17. The van der Waals surface area contributed by atoms with Gasteiger partial charge < -0.3 is 10.6 Å². The van der Waals surface area contributed by atoms with Gasteiger partial charge in [-0.25, -0.2) is 19.2 Å². The number of hydrazine groups is 1. The molecule has 0 atom stereocenters. The minimum atomic E-state index is -2.58. The molecule has 0 aromatic carbocycles. The number of allylic oxidation sites excluding steroid dienone is 1. The second-order valence-corrected chi connectivity index (χ2v) is 5.87. The zero-order valence-corrected chi connectivity index (χ0v) is 14.1. The number of hydrogen-bond acceptors (Lipinski definition) is 4. The third kappa shape index (κ3) is 8.20. The van der Waals surface area contributed by atoms with Gasteiger partial charge in [0.15, 0.2) is 0 Å². The zero-order chi connectivity index (χ0) is 17.3. The summed E-state index contributed by atoms with van der Waals surface area (Å²) in [6, 6.07) is 0. The number of rotatable bonds is 9. The van der Waals surface area contributed by atoms with Gasteiger partial charge in [0.2, 0.25) is 0 Å². The fourth-order valence-electron chi connectivity index (χ4n) is 2.17. The Morgan fingerprint density at radius 2 is 2.22 bits per heavy atom. The molecule has 0 spiro atoms. The molecule has 0 aromatic heterocycles. The summed E-state index contributed by atoms with van der Waals surface area (Å²) in [7, 11) is 0. The van der Waals surface area contributed by atoms with E-state index in [9.17, 15) is 8.78 Å². The summed E-state index contributed by atoms with van der Waals surface area (Å²) in [5, 5.41) is 16.0. The summed E-state index contributed by atoms with van der Waals surface area (Å²) in [5.74, 6) is -2.22. The predicted molar refractivity (Wildman–Crippen MR) is 90.7 cm³/mol. The summed E-state index contributed by atoms with van der Waals surface area (Å²) < 4.78 is 26.0. The lowest BCUT2D eigenvalue weighted by Crippen LogP contribution is -2.53. The molecular formula is C16H29F2N5. The third-order valence-corrected chi connectivity index (χ3v) is 3.67. The molecular weight excluding hydrogens is 300 g/mol. The maximum Gasteiger partial charge on any atom is 0.262 e. The number of hydrogen-bond donors (Lipinski definition) is 4. The molecule has 0 radical (unpaired) electrons. The number of nitrogens with one attached hydrogen (secondary N) is 4. The Hall–Kier alpha value is -1.31. The van der Waals surface area contributed by atoms with Crippen LogP contribution in [-0.2, 0) is 0 Å². The van der Waals surface area contributed by atoms with Gasteiger partial charge in [0.1, 0.15) is 5.84 Å². The first-order valence-corrected chi connectivity index (χ1v) is 8.11. The standard InChI is InChI=1S/C16H29F2N5/c1-4-5-14(3)22-15(19)13(2)6-8-20-9-11-23-10-7-16(17,18)12-21-23/h6,20-21H,3-5,7-12H2,1-2H3,(H2,19,22)/b13-6-. The van der Waals surface area contributed by atoms with Gasteiger partial charge in [-0.05, 0) is 18.9 Å². The predicted octanol–water partition coefficient (Wildman–Crippen LogP) is 2.25. The largest absolute Gasteiger partial charge is 0.345 e. The van der Waals surface area contributed by atoms with Crippen LogP contribution in [0.2, 0.25) is 0 Å². The molecule has 1 heterocycles. The molecule has 0 amide bonds. The first-order chi connectivity index (χ1) is 10.8. The fraction of sp³-hybridized carbons (Fsp3) is 0.688. The van der Waals surface area contributed by atoms with E-state index in [1.54, 1.807) is 0 Å². The number of alkyl halides is 2. The second kappa shape index (κ2) is 9.75. The molecule has 5 nitrogen and oxygen atoms in total. The van der Waals surface area contributed by atoms with Gasteiger partial charge in [-0.3, -0.25) is 5.41 Å². The number of nitrogens with zero attached hydrogens (tertiary/aromatic N) is 1. The summed E-state index contributed by atoms with van der Waals surface area (Å²) in [6.07, 6.45) is 3.70. The van der Waals surface area contributed by atoms with Crippen LogP contribution < -0.4 is 16.1 Å². The van der Waals surface area contributed by atoms with E-state index in [0.717, 1.165) is 24.1 Å². The molecule has 132 valence electrons. The minimum Gasteiger partial charge on any atom is -0.345 e. The SMILES string of the molecule is C=C(CCC)NC(=N)/C(C)=C\CNCCN1CCC(F)(F)CN1. The Labute approximate surface area is 137 Å². The highest BCUT2D eigenvalue weighted by Gasteiger charge is 2.33. The van der Waals surface area contributed by atoms with Crippen LogP contribution in [0.15, 0.2) is 23.9 Å². The van der Waals surface area contributed by atoms with Gasteiger partial charge in [-0.15, -0.1) is 0 Å². The summed E-state index contributed by atoms with van der Waals surface area (Å²) in [6.45, 7) is 9.92. The molecule has 0 saturated carbocycles. The molecule has 0 bridgehead atoms. The summed E-state index contributed by atoms with van der Waals surface area (Å²) >= 11 is 0. The monoisotopic (exact) mass is 329 g/mol. The van der Waals surface area contributed by atoms with Crippen molar-refractivity contribution in [3.8, 4) is 0 Å². The van der Waals surface area contributed by atoms with Crippen LogP contribution in [0.4, 0.5) is 8.78 Å². The van der Waals surface area contributed by atoms with Crippen molar-refractivity contribution in [3.63, 3.8) is 0 Å². The Bertz CT molecular complexity index is 424. The van der Waals surface area contributed by atoms with Crippen molar-refractivity contribution < 1.29 is 8.78 Å². The molecule has 7 heteroatoms. The van der Waals surface area contributed by atoms with E-state index in [1.165, 1.54) is 0 Å². The number of amidine groups is 1. The highest BCUT2D eigenvalue weighted by Crippen LogP contribution is 2.20. The van der Waals surface area contributed by atoms with Gasteiger partial charge in [0.25, 0.3) is 5.92 Å². The van der Waals surface area contributed by atoms with Crippen molar-refractivity contribution in [2.24, 2.45) is 0 Å².